The monoisotopic (exact) mass is 361 g/mol. The summed E-state index contributed by atoms with van der Waals surface area (Å²) in [6.45, 7) is 4.21. The molecule has 0 fully saturated rings. The van der Waals surface area contributed by atoms with E-state index in [1.807, 2.05) is 12.1 Å². The Morgan fingerprint density at radius 2 is 1.92 bits per heavy atom. The number of rotatable bonds is 3. The van der Waals surface area contributed by atoms with Gasteiger partial charge in [0.2, 0.25) is 0 Å². The van der Waals surface area contributed by atoms with Gasteiger partial charge in [-0.1, -0.05) is 6.07 Å². The van der Waals surface area contributed by atoms with Crippen LogP contribution in [-0.2, 0) is 25.5 Å². The second-order valence-corrected chi connectivity index (χ2v) is 6.21. The van der Waals surface area contributed by atoms with Crippen molar-refractivity contribution in [1.82, 2.24) is 14.4 Å². The minimum absolute atomic E-state index is 0. The molecular weight excluding hydrogens is 345 g/mol. The standard InChI is InChI=1S/C18H17N3OS.K/c1-11-7-8-21-12(2)14(19-17(21)9-11)5-3-13-4-6-15-16(10-13)22-18(23)20-15;/h4,6-10H,3,5H2,1-2H3,(H,20,23);/q;+1/p-1. The first-order chi connectivity index (χ1) is 11.1. The maximum Gasteiger partial charge on any atom is 1.00 e. The maximum absolute atomic E-state index is 5.43. The largest absolute Gasteiger partial charge is 1.00 e. The third-order valence-corrected chi connectivity index (χ3v) is 4.38. The Balaban J connectivity index is 0.00000169. The van der Waals surface area contributed by atoms with Crippen LogP contribution in [0.4, 0.5) is 0 Å². The summed E-state index contributed by atoms with van der Waals surface area (Å²) in [5.74, 6) is 0. The van der Waals surface area contributed by atoms with Crippen LogP contribution in [0, 0.1) is 13.8 Å². The smallest absolute Gasteiger partial charge is 0.721 e. The number of imidazole rings is 1. The van der Waals surface area contributed by atoms with E-state index in [0.717, 1.165) is 35.3 Å². The summed E-state index contributed by atoms with van der Waals surface area (Å²) in [6, 6.07) is 10.3. The van der Waals surface area contributed by atoms with Crippen LogP contribution in [0.1, 0.15) is 22.5 Å². The number of pyridine rings is 1. The summed E-state index contributed by atoms with van der Waals surface area (Å²) in [5, 5.41) is 0.295. The Morgan fingerprint density at radius 3 is 2.75 bits per heavy atom. The van der Waals surface area contributed by atoms with Crippen LogP contribution in [0.15, 0.2) is 46.2 Å². The molecule has 1 aromatic carbocycles. The molecule has 0 amide bonds. The average Bonchev–Trinajstić information content (AvgIpc) is 3.03. The zero-order chi connectivity index (χ0) is 16.0. The second-order valence-electron chi connectivity index (χ2n) is 5.86. The molecule has 0 saturated heterocycles. The fourth-order valence-corrected chi connectivity index (χ4v) is 3.11. The Hall–Kier alpha value is -0.764. The van der Waals surface area contributed by atoms with Crippen molar-refractivity contribution < 1.29 is 55.8 Å². The van der Waals surface area contributed by atoms with Crippen molar-refractivity contribution in [2.45, 2.75) is 31.9 Å². The van der Waals surface area contributed by atoms with Crippen molar-refractivity contribution >= 4 is 29.4 Å². The molecule has 0 bridgehead atoms. The first-order valence-corrected chi connectivity index (χ1v) is 8.01. The SMILES string of the molecule is Cc1ccn2c(C)c(CCc3ccc4nc([S-])oc4c3)nc2c1.[K+]. The Bertz CT molecular complexity index is 1020. The second kappa shape index (κ2) is 7.23. The van der Waals surface area contributed by atoms with Gasteiger partial charge in [0.25, 0.3) is 0 Å². The summed E-state index contributed by atoms with van der Waals surface area (Å²) in [4.78, 5) is 8.92. The van der Waals surface area contributed by atoms with Gasteiger partial charge in [0, 0.05) is 11.9 Å². The van der Waals surface area contributed by atoms with Gasteiger partial charge in [-0.2, -0.15) is 0 Å². The zero-order valence-electron chi connectivity index (χ0n) is 14.0. The molecule has 24 heavy (non-hydrogen) atoms. The molecule has 4 aromatic rings. The number of nitrogens with zero attached hydrogens (tertiary/aromatic N) is 3. The van der Waals surface area contributed by atoms with E-state index in [4.69, 9.17) is 22.0 Å². The van der Waals surface area contributed by atoms with Crippen molar-refractivity contribution in [1.29, 1.82) is 0 Å². The number of hydrogen-bond acceptors (Lipinski definition) is 4. The van der Waals surface area contributed by atoms with Gasteiger partial charge in [-0.25, -0.2) is 9.97 Å². The molecule has 3 heterocycles. The molecule has 6 heteroatoms. The zero-order valence-corrected chi connectivity index (χ0v) is 18.0. The predicted molar refractivity (Wildman–Crippen MR) is 91.7 cm³/mol. The average molecular weight is 362 g/mol. The van der Waals surface area contributed by atoms with Crippen molar-refractivity contribution in [2.24, 2.45) is 0 Å². The number of aryl methyl sites for hydroxylation is 4. The molecule has 0 saturated carbocycles. The van der Waals surface area contributed by atoms with Crippen molar-refractivity contribution in [2.75, 3.05) is 0 Å². The molecule has 3 aromatic heterocycles. The van der Waals surface area contributed by atoms with E-state index in [2.05, 4.69) is 47.6 Å². The number of hydrogen-bond donors (Lipinski definition) is 0. The van der Waals surface area contributed by atoms with Gasteiger partial charge in [-0.05, 0) is 62.1 Å². The van der Waals surface area contributed by atoms with E-state index < -0.39 is 0 Å². The van der Waals surface area contributed by atoms with Gasteiger partial charge in [0.05, 0.1) is 10.9 Å². The first kappa shape index (κ1) is 18.0. The Labute approximate surface area is 188 Å². The van der Waals surface area contributed by atoms with Crippen molar-refractivity contribution in [3.05, 3.63) is 59.0 Å². The molecule has 0 spiro atoms. The van der Waals surface area contributed by atoms with Crippen LogP contribution >= 0.6 is 0 Å². The van der Waals surface area contributed by atoms with Gasteiger partial charge in [-0.3, -0.25) is 0 Å². The van der Waals surface area contributed by atoms with Crippen LogP contribution in [-0.4, -0.2) is 14.4 Å². The first-order valence-electron chi connectivity index (χ1n) is 7.61. The molecule has 116 valence electrons. The number of aromatic nitrogens is 3. The Morgan fingerprint density at radius 1 is 1.08 bits per heavy atom. The summed E-state index contributed by atoms with van der Waals surface area (Å²) in [5.41, 5.74) is 7.36. The summed E-state index contributed by atoms with van der Waals surface area (Å²) >= 11 is 4.97. The van der Waals surface area contributed by atoms with Crippen LogP contribution in [0.3, 0.4) is 0 Å². The van der Waals surface area contributed by atoms with Crippen LogP contribution in [0.25, 0.3) is 16.7 Å². The van der Waals surface area contributed by atoms with Crippen molar-refractivity contribution in [3.63, 3.8) is 0 Å². The molecule has 4 nitrogen and oxygen atoms in total. The summed E-state index contributed by atoms with van der Waals surface area (Å²) < 4.78 is 7.57. The van der Waals surface area contributed by atoms with Crippen LogP contribution in [0.5, 0.6) is 0 Å². The maximum atomic E-state index is 5.43. The number of benzene rings is 1. The summed E-state index contributed by atoms with van der Waals surface area (Å²) in [7, 11) is 0. The number of oxazole rings is 1. The van der Waals surface area contributed by atoms with E-state index in [1.165, 1.54) is 16.8 Å². The van der Waals surface area contributed by atoms with Crippen LogP contribution in [0.2, 0.25) is 0 Å². The molecule has 0 atom stereocenters. The normalized spacial score (nSPS) is 11.1. The molecule has 4 rings (SSSR count). The molecule has 0 unspecified atom stereocenters. The fraction of sp³-hybridized carbons (Fsp3) is 0.222. The minimum Gasteiger partial charge on any atom is -0.721 e. The predicted octanol–water partition coefficient (Wildman–Crippen LogP) is 0.787. The molecule has 0 aliphatic carbocycles. The minimum atomic E-state index is 0. The third-order valence-electron chi connectivity index (χ3n) is 4.20. The number of fused-ring (bicyclic) bond motifs is 2. The van der Waals surface area contributed by atoms with Gasteiger partial charge >= 0.3 is 51.4 Å². The van der Waals surface area contributed by atoms with Gasteiger partial charge < -0.3 is 21.4 Å². The van der Waals surface area contributed by atoms with Crippen LogP contribution < -0.4 is 51.4 Å². The van der Waals surface area contributed by atoms with Gasteiger partial charge in [0.15, 0.2) is 5.58 Å². The Kier molecular flexibility index (Phi) is 5.44. The van der Waals surface area contributed by atoms with E-state index in [1.54, 1.807) is 0 Å². The van der Waals surface area contributed by atoms with E-state index in [0.29, 0.717) is 5.22 Å². The van der Waals surface area contributed by atoms with Gasteiger partial charge in [0.1, 0.15) is 11.2 Å². The van der Waals surface area contributed by atoms with E-state index >= 15 is 0 Å². The fourth-order valence-electron chi connectivity index (χ4n) is 2.92. The van der Waals surface area contributed by atoms with Crippen molar-refractivity contribution in [3.8, 4) is 0 Å². The molecule has 0 N–H and O–H groups in total. The molecule has 0 radical (unpaired) electrons. The van der Waals surface area contributed by atoms with E-state index in [-0.39, 0.29) is 51.4 Å². The third kappa shape index (κ3) is 3.45. The summed E-state index contributed by atoms with van der Waals surface area (Å²) in [6.07, 6.45) is 3.89. The topological polar surface area (TPSA) is 43.3 Å². The molecule has 0 aliphatic heterocycles. The van der Waals surface area contributed by atoms with E-state index in [9.17, 15) is 0 Å². The van der Waals surface area contributed by atoms with Gasteiger partial charge in [-0.15, -0.1) is 0 Å². The molecular formula is C18H16KN3OS. The molecule has 0 aliphatic rings. The quantitative estimate of drug-likeness (QED) is 0.400.